The van der Waals surface area contributed by atoms with Crippen LogP contribution in [0.1, 0.15) is 26.7 Å². The molecule has 0 amide bonds. The molecule has 15 heavy (non-hydrogen) atoms. The van der Waals surface area contributed by atoms with Crippen molar-refractivity contribution in [1.82, 2.24) is 0 Å². The van der Waals surface area contributed by atoms with Gasteiger partial charge in [0.15, 0.2) is 0 Å². The first-order valence-corrected chi connectivity index (χ1v) is 5.31. The molecule has 1 rings (SSSR count). The van der Waals surface area contributed by atoms with Crippen LogP contribution < -0.4 is 15.2 Å². The van der Waals surface area contributed by atoms with Gasteiger partial charge in [-0.3, -0.25) is 0 Å². The van der Waals surface area contributed by atoms with Gasteiger partial charge in [-0.25, -0.2) is 0 Å². The van der Waals surface area contributed by atoms with E-state index in [-0.39, 0.29) is 6.10 Å². The second-order valence-electron chi connectivity index (χ2n) is 3.46. The maximum absolute atomic E-state index is 5.85. The predicted molar refractivity (Wildman–Crippen MR) is 62.4 cm³/mol. The van der Waals surface area contributed by atoms with Gasteiger partial charge in [-0.2, -0.15) is 0 Å². The van der Waals surface area contributed by atoms with Crippen molar-refractivity contribution in [2.24, 2.45) is 0 Å². The average molecular weight is 209 g/mol. The number of benzene rings is 1. The first-order valence-electron chi connectivity index (χ1n) is 5.31. The number of rotatable bonds is 5. The number of ether oxygens (including phenoxy) is 2. The third-order valence-electron chi connectivity index (χ3n) is 2.42. The molecule has 2 N–H and O–H groups in total. The van der Waals surface area contributed by atoms with Gasteiger partial charge < -0.3 is 15.2 Å². The van der Waals surface area contributed by atoms with Crippen molar-refractivity contribution in [3.05, 3.63) is 18.2 Å². The zero-order valence-electron chi connectivity index (χ0n) is 9.62. The Morgan fingerprint density at radius 3 is 2.40 bits per heavy atom. The van der Waals surface area contributed by atoms with Crippen LogP contribution in [0.4, 0.5) is 5.69 Å². The molecule has 0 saturated carbocycles. The van der Waals surface area contributed by atoms with Crippen molar-refractivity contribution in [1.29, 1.82) is 0 Å². The van der Waals surface area contributed by atoms with Gasteiger partial charge in [0, 0.05) is 6.07 Å². The smallest absolute Gasteiger partial charge is 0.142 e. The Labute approximate surface area is 91.2 Å². The van der Waals surface area contributed by atoms with Crippen LogP contribution in [-0.4, -0.2) is 13.2 Å². The fraction of sp³-hybridized carbons (Fsp3) is 0.500. The normalized spacial score (nSPS) is 10.4. The Morgan fingerprint density at radius 2 is 1.93 bits per heavy atom. The number of hydrogen-bond acceptors (Lipinski definition) is 3. The van der Waals surface area contributed by atoms with E-state index in [1.807, 2.05) is 12.1 Å². The average Bonchev–Trinajstić information content (AvgIpc) is 2.27. The number of nitrogens with two attached hydrogens (primary N) is 1. The number of hydrogen-bond donors (Lipinski definition) is 1. The summed E-state index contributed by atoms with van der Waals surface area (Å²) in [6, 6.07) is 5.48. The van der Waals surface area contributed by atoms with Crippen LogP contribution in [0.5, 0.6) is 11.5 Å². The van der Waals surface area contributed by atoms with Gasteiger partial charge in [0.05, 0.1) is 18.9 Å². The van der Waals surface area contributed by atoms with E-state index in [4.69, 9.17) is 15.2 Å². The molecule has 0 unspecified atom stereocenters. The lowest BCUT2D eigenvalue weighted by atomic mass is 10.2. The number of methoxy groups -OCH3 is 1. The van der Waals surface area contributed by atoms with Gasteiger partial charge in [0.1, 0.15) is 11.5 Å². The fourth-order valence-electron chi connectivity index (χ4n) is 1.40. The van der Waals surface area contributed by atoms with Crippen LogP contribution in [0.3, 0.4) is 0 Å². The third-order valence-corrected chi connectivity index (χ3v) is 2.42. The standard InChI is InChI=1S/C12H19NO2/c1-4-9(5-2)15-12-7-6-10(14-3)8-11(12)13/h6-9H,4-5,13H2,1-3H3. The summed E-state index contributed by atoms with van der Waals surface area (Å²) < 4.78 is 10.8. The van der Waals surface area contributed by atoms with Crippen molar-refractivity contribution in [2.45, 2.75) is 32.8 Å². The van der Waals surface area contributed by atoms with E-state index < -0.39 is 0 Å². The van der Waals surface area contributed by atoms with E-state index in [2.05, 4.69) is 13.8 Å². The van der Waals surface area contributed by atoms with Crippen molar-refractivity contribution in [3.8, 4) is 11.5 Å². The monoisotopic (exact) mass is 209 g/mol. The van der Waals surface area contributed by atoms with Gasteiger partial charge >= 0.3 is 0 Å². The van der Waals surface area contributed by atoms with E-state index in [0.29, 0.717) is 5.69 Å². The van der Waals surface area contributed by atoms with Crippen molar-refractivity contribution in [3.63, 3.8) is 0 Å². The highest BCUT2D eigenvalue weighted by Gasteiger charge is 2.08. The largest absolute Gasteiger partial charge is 0.497 e. The first kappa shape index (κ1) is 11.7. The SMILES string of the molecule is CCC(CC)Oc1ccc(OC)cc1N. The lowest BCUT2D eigenvalue weighted by Gasteiger charge is -2.17. The van der Waals surface area contributed by atoms with Gasteiger partial charge in [-0.15, -0.1) is 0 Å². The minimum absolute atomic E-state index is 0.237. The zero-order chi connectivity index (χ0) is 11.3. The Balaban J connectivity index is 2.77. The summed E-state index contributed by atoms with van der Waals surface area (Å²) in [6.45, 7) is 4.21. The summed E-state index contributed by atoms with van der Waals surface area (Å²) in [4.78, 5) is 0. The molecule has 3 heteroatoms. The molecule has 0 aliphatic carbocycles. The lowest BCUT2D eigenvalue weighted by molar-refractivity contribution is 0.194. The molecule has 0 aliphatic rings. The molecule has 0 fully saturated rings. The maximum Gasteiger partial charge on any atom is 0.142 e. The van der Waals surface area contributed by atoms with Crippen molar-refractivity contribution >= 4 is 5.69 Å². The second-order valence-corrected chi connectivity index (χ2v) is 3.46. The maximum atomic E-state index is 5.85. The van der Waals surface area contributed by atoms with Gasteiger partial charge in [-0.1, -0.05) is 13.8 Å². The van der Waals surface area contributed by atoms with Gasteiger partial charge in [0.2, 0.25) is 0 Å². The van der Waals surface area contributed by atoms with E-state index in [1.54, 1.807) is 13.2 Å². The summed E-state index contributed by atoms with van der Waals surface area (Å²) >= 11 is 0. The number of nitrogen functional groups attached to an aromatic ring is 1. The first-order chi connectivity index (χ1) is 7.21. The molecule has 0 aromatic heterocycles. The molecule has 0 spiro atoms. The number of anilines is 1. The summed E-state index contributed by atoms with van der Waals surface area (Å²) in [5, 5.41) is 0. The van der Waals surface area contributed by atoms with Crippen LogP contribution in [0, 0.1) is 0 Å². The molecule has 1 aromatic rings. The Morgan fingerprint density at radius 1 is 1.27 bits per heavy atom. The summed E-state index contributed by atoms with van der Waals surface area (Å²) in [5.41, 5.74) is 6.48. The Bertz CT molecular complexity index is 308. The fourth-order valence-corrected chi connectivity index (χ4v) is 1.40. The second kappa shape index (κ2) is 5.49. The van der Waals surface area contributed by atoms with Crippen LogP contribution in [0.25, 0.3) is 0 Å². The molecule has 0 heterocycles. The predicted octanol–water partition coefficient (Wildman–Crippen LogP) is 2.84. The molecule has 0 saturated heterocycles. The van der Waals surface area contributed by atoms with Crippen LogP contribution >= 0.6 is 0 Å². The molecular weight excluding hydrogens is 190 g/mol. The molecule has 0 radical (unpaired) electrons. The Kier molecular flexibility index (Phi) is 4.28. The molecule has 0 aliphatic heterocycles. The van der Waals surface area contributed by atoms with E-state index in [1.165, 1.54) is 0 Å². The van der Waals surface area contributed by atoms with Crippen LogP contribution in [-0.2, 0) is 0 Å². The highest BCUT2D eigenvalue weighted by molar-refractivity contribution is 5.56. The van der Waals surface area contributed by atoms with E-state index in [9.17, 15) is 0 Å². The molecule has 1 aromatic carbocycles. The molecule has 84 valence electrons. The summed E-state index contributed by atoms with van der Waals surface area (Å²) in [6.07, 6.45) is 2.21. The Hall–Kier alpha value is -1.38. The van der Waals surface area contributed by atoms with Gasteiger partial charge in [0.25, 0.3) is 0 Å². The summed E-state index contributed by atoms with van der Waals surface area (Å²) in [5.74, 6) is 1.49. The van der Waals surface area contributed by atoms with E-state index >= 15 is 0 Å². The minimum Gasteiger partial charge on any atom is -0.497 e. The van der Waals surface area contributed by atoms with Crippen LogP contribution in [0.15, 0.2) is 18.2 Å². The topological polar surface area (TPSA) is 44.5 Å². The quantitative estimate of drug-likeness (QED) is 0.758. The molecule has 3 nitrogen and oxygen atoms in total. The van der Waals surface area contributed by atoms with E-state index in [0.717, 1.165) is 24.3 Å². The molecule has 0 bridgehead atoms. The van der Waals surface area contributed by atoms with Crippen molar-refractivity contribution < 1.29 is 9.47 Å². The van der Waals surface area contributed by atoms with Crippen molar-refractivity contribution in [2.75, 3.05) is 12.8 Å². The molecular formula is C12H19NO2. The van der Waals surface area contributed by atoms with Crippen LogP contribution in [0.2, 0.25) is 0 Å². The summed E-state index contributed by atoms with van der Waals surface area (Å²) in [7, 11) is 1.62. The van der Waals surface area contributed by atoms with Gasteiger partial charge in [-0.05, 0) is 25.0 Å². The highest BCUT2D eigenvalue weighted by atomic mass is 16.5. The minimum atomic E-state index is 0.237. The molecule has 0 atom stereocenters. The zero-order valence-corrected chi connectivity index (χ0v) is 9.62. The lowest BCUT2D eigenvalue weighted by Crippen LogP contribution is -2.14. The third kappa shape index (κ3) is 3.05. The highest BCUT2D eigenvalue weighted by Crippen LogP contribution is 2.27.